The zero-order valence-corrected chi connectivity index (χ0v) is 14.0. The van der Waals surface area contributed by atoms with Gasteiger partial charge in [-0.2, -0.15) is 0 Å². The highest BCUT2D eigenvalue weighted by Crippen LogP contribution is 2.40. The number of carbonyl (C=O) groups excluding carboxylic acids is 2. The van der Waals surface area contributed by atoms with Gasteiger partial charge in [-0.25, -0.2) is 0 Å². The van der Waals surface area contributed by atoms with E-state index in [0.717, 1.165) is 37.0 Å². The van der Waals surface area contributed by atoms with Crippen molar-refractivity contribution in [2.45, 2.75) is 37.6 Å². The van der Waals surface area contributed by atoms with Crippen LogP contribution in [-0.4, -0.2) is 43.0 Å². The lowest BCUT2D eigenvalue weighted by molar-refractivity contribution is -0.132. The largest absolute Gasteiger partial charge is 0.496 e. The third-order valence-corrected chi connectivity index (χ3v) is 5.36. The molecule has 1 heterocycles. The van der Waals surface area contributed by atoms with Crippen molar-refractivity contribution < 1.29 is 14.3 Å². The molecule has 0 bridgehead atoms. The minimum absolute atomic E-state index is 0.00241. The van der Waals surface area contributed by atoms with Crippen LogP contribution in [0.1, 0.15) is 37.2 Å². The number of likely N-dealkylation sites (tertiary alicyclic amines) is 1. The van der Waals surface area contributed by atoms with Crippen LogP contribution in [0.2, 0.25) is 0 Å². The van der Waals surface area contributed by atoms with E-state index in [2.05, 4.69) is 5.32 Å². The molecular weight excluding hydrogens is 304 g/mol. The van der Waals surface area contributed by atoms with Gasteiger partial charge in [-0.3, -0.25) is 9.59 Å². The summed E-state index contributed by atoms with van der Waals surface area (Å²) in [4.78, 5) is 27.1. The standard InChI is InChI=1S/C19H24N2O3/c1-24-17-5-3-2-4-14(17)15-10-21(19(23)12-6-7-12)11-16(15)18(22)20-13-8-9-13/h2-5,12-13,15-16H,6-11H2,1H3,(H,20,22)/t15-,16-/m0/s1. The molecule has 2 atom stereocenters. The van der Waals surface area contributed by atoms with Crippen LogP contribution >= 0.6 is 0 Å². The number of rotatable bonds is 5. The average Bonchev–Trinajstić information content (AvgIpc) is 3.52. The van der Waals surface area contributed by atoms with Gasteiger partial charge in [0.25, 0.3) is 0 Å². The molecule has 1 aliphatic heterocycles. The van der Waals surface area contributed by atoms with E-state index < -0.39 is 0 Å². The Bertz CT molecular complexity index is 652. The molecule has 0 spiro atoms. The molecule has 128 valence electrons. The first-order valence-corrected chi connectivity index (χ1v) is 8.89. The first-order chi connectivity index (χ1) is 11.7. The number of hydrogen-bond acceptors (Lipinski definition) is 3. The molecule has 1 saturated heterocycles. The fourth-order valence-electron chi connectivity index (χ4n) is 3.66. The smallest absolute Gasteiger partial charge is 0.225 e. The number of benzene rings is 1. The molecule has 2 saturated carbocycles. The van der Waals surface area contributed by atoms with Gasteiger partial charge < -0.3 is 15.0 Å². The first kappa shape index (κ1) is 15.5. The molecular formula is C19H24N2O3. The van der Waals surface area contributed by atoms with Crippen LogP contribution in [0.25, 0.3) is 0 Å². The molecule has 1 aromatic rings. The van der Waals surface area contributed by atoms with Gasteiger partial charge in [-0.15, -0.1) is 0 Å². The summed E-state index contributed by atoms with van der Waals surface area (Å²) >= 11 is 0. The summed E-state index contributed by atoms with van der Waals surface area (Å²) in [6, 6.07) is 8.19. The van der Waals surface area contributed by atoms with Gasteiger partial charge in [0.05, 0.1) is 13.0 Å². The Morgan fingerprint density at radius 1 is 1.12 bits per heavy atom. The number of methoxy groups -OCH3 is 1. The van der Waals surface area contributed by atoms with Crippen molar-refractivity contribution >= 4 is 11.8 Å². The molecule has 0 aromatic heterocycles. The van der Waals surface area contributed by atoms with E-state index in [0.29, 0.717) is 19.1 Å². The van der Waals surface area contributed by atoms with Gasteiger partial charge in [0.2, 0.25) is 11.8 Å². The Morgan fingerprint density at radius 3 is 2.54 bits per heavy atom. The van der Waals surface area contributed by atoms with E-state index in [1.165, 1.54) is 0 Å². The van der Waals surface area contributed by atoms with Crippen LogP contribution in [0, 0.1) is 11.8 Å². The van der Waals surface area contributed by atoms with Gasteiger partial charge >= 0.3 is 0 Å². The molecule has 2 aliphatic carbocycles. The van der Waals surface area contributed by atoms with Crippen LogP contribution < -0.4 is 10.1 Å². The third kappa shape index (κ3) is 2.99. The Morgan fingerprint density at radius 2 is 1.88 bits per heavy atom. The van der Waals surface area contributed by atoms with Crippen LogP contribution in [-0.2, 0) is 9.59 Å². The van der Waals surface area contributed by atoms with E-state index in [4.69, 9.17) is 4.74 Å². The zero-order valence-electron chi connectivity index (χ0n) is 14.0. The number of para-hydroxylation sites is 1. The van der Waals surface area contributed by atoms with Crippen molar-refractivity contribution in [3.05, 3.63) is 29.8 Å². The maximum absolute atomic E-state index is 12.7. The maximum Gasteiger partial charge on any atom is 0.225 e. The molecule has 3 aliphatic rings. The lowest BCUT2D eigenvalue weighted by Gasteiger charge is -2.20. The Balaban J connectivity index is 1.59. The van der Waals surface area contributed by atoms with Crippen molar-refractivity contribution in [1.29, 1.82) is 0 Å². The number of carbonyl (C=O) groups is 2. The lowest BCUT2D eigenvalue weighted by atomic mass is 9.87. The van der Waals surface area contributed by atoms with Gasteiger partial charge in [0, 0.05) is 31.0 Å². The summed E-state index contributed by atoms with van der Waals surface area (Å²) in [5.74, 6) is 1.10. The highest BCUT2D eigenvalue weighted by molar-refractivity contribution is 5.85. The van der Waals surface area contributed by atoms with Gasteiger partial charge in [0.15, 0.2) is 0 Å². The van der Waals surface area contributed by atoms with E-state index >= 15 is 0 Å². The monoisotopic (exact) mass is 328 g/mol. The Hall–Kier alpha value is -2.04. The molecule has 1 aromatic carbocycles. The van der Waals surface area contributed by atoms with Crippen molar-refractivity contribution in [2.75, 3.05) is 20.2 Å². The second-order valence-electron chi connectivity index (χ2n) is 7.26. The summed E-state index contributed by atoms with van der Waals surface area (Å²) in [5.41, 5.74) is 1.03. The normalized spacial score (nSPS) is 26.3. The predicted octanol–water partition coefficient (Wildman–Crippen LogP) is 1.93. The second-order valence-corrected chi connectivity index (χ2v) is 7.26. The van der Waals surface area contributed by atoms with Crippen molar-refractivity contribution in [2.24, 2.45) is 11.8 Å². The third-order valence-electron chi connectivity index (χ3n) is 5.36. The molecule has 24 heavy (non-hydrogen) atoms. The van der Waals surface area contributed by atoms with Crippen LogP contribution in [0.3, 0.4) is 0 Å². The highest BCUT2D eigenvalue weighted by atomic mass is 16.5. The number of hydrogen-bond donors (Lipinski definition) is 1. The minimum Gasteiger partial charge on any atom is -0.496 e. The van der Waals surface area contributed by atoms with Gasteiger partial charge in [-0.1, -0.05) is 18.2 Å². The first-order valence-electron chi connectivity index (χ1n) is 8.89. The van der Waals surface area contributed by atoms with E-state index in [1.807, 2.05) is 29.2 Å². The fourth-order valence-corrected chi connectivity index (χ4v) is 3.66. The van der Waals surface area contributed by atoms with Crippen molar-refractivity contribution in [3.8, 4) is 5.75 Å². The quantitative estimate of drug-likeness (QED) is 0.898. The number of nitrogens with one attached hydrogen (secondary N) is 1. The highest BCUT2D eigenvalue weighted by Gasteiger charge is 2.45. The summed E-state index contributed by atoms with van der Waals surface area (Å²) in [6.07, 6.45) is 4.13. The Kier molecular flexibility index (Phi) is 3.94. The lowest BCUT2D eigenvalue weighted by Crippen LogP contribution is -2.37. The van der Waals surface area contributed by atoms with Gasteiger partial charge in [0.1, 0.15) is 5.75 Å². The topological polar surface area (TPSA) is 58.6 Å². The summed E-state index contributed by atoms with van der Waals surface area (Å²) < 4.78 is 5.50. The SMILES string of the molecule is COc1ccccc1[C@@H]1CN(C(=O)C2CC2)C[C@@H]1C(=O)NC1CC1. The molecule has 5 heteroatoms. The van der Waals surface area contributed by atoms with E-state index in [9.17, 15) is 9.59 Å². The summed E-state index contributed by atoms with van der Waals surface area (Å²) in [5, 5.41) is 3.12. The molecule has 2 amide bonds. The second kappa shape index (κ2) is 6.11. The fraction of sp³-hybridized carbons (Fsp3) is 0.579. The minimum atomic E-state index is -0.190. The Labute approximate surface area is 142 Å². The van der Waals surface area contributed by atoms with E-state index in [1.54, 1.807) is 7.11 Å². The van der Waals surface area contributed by atoms with Gasteiger partial charge in [-0.05, 0) is 37.3 Å². The van der Waals surface area contributed by atoms with E-state index in [-0.39, 0.29) is 29.6 Å². The van der Waals surface area contributed by atoms with Crippen LogP contribution in [0.4, 0.5) is 0 Å². The average molecular weight is 328 g/mol. The predicted molar refractivity (Wildman–Crippen MR) is 89.7 cm³/mol. The number of nitrogens with zero attached hydrogens (tertiary/aromatic N) is 1. The summed E-state index contributed by atoms with van der Waals surface area (Å²) in [7, 11) is 1.65. The molecule has 3 fully saturated rings. The molecule has 1 N–H and O–H groups in total. The van der Waals surface area contributed by atoms with Crippen molar-refractivity contribution in [3.63, 3.8) is 0 Å². The molecule has 0 radical (unpaired) electrons. The van der Waals surface area contributed by atoms with Crippen LogP contribution in [0.15, 0.2) is 24.3 Å². The van der Waals surface area contributed by atoms with Crippen molar-refractivity contribution in [1.82, 2.24) is 10.2 Å². The maximum atomic E-state index is 12.7. The number of ether oxygens (including phenoxy) is 1. The number of amides is 2. The zero-order chi connectivity index (χ0) is 16.7. The van der Waals surface area contributed by atoms with Crippen LogP contribution in [0.5, 0.6) is 5.75 Å². The molecule has 0 unspecified atom stereocenters. The molecule has 4 rings (SSSR count). The summed E-state index contributed by atoms with van der Waals surface area (Å²) in [6.45, 7) is 1.13. The molecule has 5 nitrogen and oxygen atoms in total.